The number of aliphatic hydroxyl groups is 1. The summed E-state index contributed by atoms with van der Waals surface area (Å²) < 4.78 is 0.761. The largest absolute Gasteiger partial charge is 0.375 e. The molecule has 5 heteroatoms. The fourth-order valence-corrected chi connectivity index (χ4v) is 4.32. The van der Waals surface area contributed by atoms with Crippen molar-refractivity contribution in [1.29, 1.82) is 0 Å². The number of benzene rings is 2. The van der Waals surface area contributed by atoms with Gasteiger partial charge in [0.2, 0.25) is 0 Å². The van der Waals surface area contributed by atoms with E-state index in [1.165, 1.54) is 4.90 Å². The lowest BCUT2D eigenvalue weighted by molar-refractivity contribution is -0.135. The maximum Gasteiger partial charge on any atom is 0.264 e. The lowest BCUT2D eigenvalue weighted by atomic mass is 9.84. The lowest BCUT2D eigenvalue weighted by Crippen LogP contribution is -2.42. The second-order valence-electron chi connectivity index (χ2n) is 7.31. The normalized spacial score (nSPS) is 18.8. The van der Waals surface area contributed by atoms with Crippen LogP contribution in [0.1, 0.15) is 51.5 Å². The number of hydrogen-bond acceptors (Lipinski definition) is 3. The number of amides is 1. The molecule has 2 aromatic carbocycles. The third kappa shape index (κ3) is 3.03. The number of fused-ring (bicyclic) bond motifs is 1. The smallest absolute Gasteiger partial charge is 0.264 e. The molecule has 0 unspecified atom stereocenters. The third-order valence-corrected chi connectivity index (χ3v) is 6.16. The third-order valence-electron chi connectivity index (χ3n) is 5.67. The van der Waals surface area contributed by atoms with Crippen LogP contribution in [0.4, 0.5) is 5.69 Å². The summed E-state index contributed by atoms with van der Waals surface area (Å²) in [5.41, 5.74) is 3.78. The van der Waals surface area contributed by atoms with Crippen molar-refractivity contribution >= 4 is 33.3 Å². The maximum atomic E-state index is 13.2. The minimum Gasteiger partial charge on any atom is -0.375 e. The van der Waals surface area contributed by atoms with Crippen LogP contribution in [0.25, 0.3) is 0 Å². The van der Waals surface area contributed by atoms with Crippen LogP contribution in [-0.2, 0) is 10.4 Å². The number of ketones is 1. The highest BCUT2D eigenvalue weighted by atomic mass is 79.9. The molecule has 1 heterocycles. The molecule has 4 nitrogen and oxygen atoms in total. The molecule has 1 atom stereocenters. The molecular weight excluding hydrogens is 406 g/mol. The first-order valence-electron chi connectivity index (χ1n) is 9.06. The van der Waals surface area contributed by atoms with Crippen LogP contribution in [0.2, 0.25) is 0 Å². The van der Waals surface area contributed by atoms with E-state index in [1.54, 1.807) is 12.1 Å². The zero-order chi connectivity index (χ0) is 20.1. The predicted octanol–water partition coefficient (Wildman–Crippen LogP) is 4.51. The number of anilines is 1. The van der Waals surface area contributed by atoms with Gasteiger partial charge in [-0.2, -0.15) is 0 Å². The average Bonchev–Trinajstić information content (AvgIpc) is 2.80. The van der Waals surface area contributed by atoms with Crippen molar-refractivity contribution in [2.75, 3.05) is 11.4 Å². The summed E-state index contributed by atoms with van der Waals surface area (Å²) in [6.07, 6.45) is -0.268. The summed E-state index contributed by atoms with van der Waals surface area (Å²) in [6.45, 7) is 10.1. The van der Waals surface area contributed by atoms with Crippen LogP contribution < -0.4 is 4.90 Å². The summed E-state index contributed by atoms with van der Waals surface area (Å²) in [7, 11) is 0. The number of carbonyl (C=O) groups is 2. The molecule has 0 spiro atoms. The topological polar surface area (TPSA) is 57.6 Å². The van der Waals surface area contributed by atoms with Gasteiger partial charge in [-0.1, -0.05) is 22.0 Å². The van der Waals surface area contributed by atoms with Crippen LogP contribution in [0.15, 0.2) is 28.7 Å². The van der Waals surface area contributed by atoms with Crippen LogP contribution in [0.3, 0.4) is 0 Å². The van der Waals surface area contributed by atoms with Gasteiger partial charge in [0.1, 0.15) is 0 Å². The van der Waals surface area contributed by atoms with Crippen molar-refractivity contribution in [2.45, 2.75) is 46.6 Å². The SMILES string of the molecule is CCN1C(=O)[C@](O)(CC(=O)c2c(C)c(C)cc(C)c2C)c2cc(Br)ccc21. The van der Waals surface area contributed by atoms with E-state index in [0.29, 0.717) is 23.4 Å². The molecule has 1 amide bonds. The van der Waals surface area contributed by atoms with Gasteiger partial charge in [-0.05, 0) is 75.1 Å². The zero-order valence-corrected chi connectivity index (χ0v) is 17.9. The van der Waals surface area contributed by atoms with Gasteiger partial charge in [0, 0.05) is 22.1 Å². The number of hydrogen-bond donors (Lipinski definition) is 1. The van der Waals surface area contributed by atoms with Crippen LogP contribution in [0, 0.1) is 27.7 Å². The van der Waals surface area contributed by atoms with E-state index in [4.69, 9.17) is 0 Å². The number of likely N-dealkylation sites (N-methyl/N-ethyl adjacent to an activating group) is 1. The Balaban J connectivity index is 2.10. The first-order chi connectivity index (χ1) is 12.6. The standard InChI is InChI=1S/C22H24BrNO3/c1-6-24-18-8-7-16(23)10-17(18)22(27,21(24)26)11-19(25)20-14(4)12(2)9-13(3)15(20)5/h7-10,27H,6,11H2,1-5H3/t22-/m0/s1. The fraction of sp³-hybridized carbons (Fsp3) is 0.364. The van der Waals surface area contributed by atoms with Crippen molar-refractivity contribution in [2.24, 2.45) is 0 Å². The summed E-state index contributed by atoms with van der Waals surface area (Å²) in [6, 6.07) is 7.43. The molecule has 0 aliphatic carbocycles. The van der Waals surface area contributed by atoms with Gasteiger partial charge in [0.15, 0.2) is 11.4 Å². The van der Waals surface area contributed by atoms with Gasteiger partial charge >= 0.3 is 0 Å². The Morgan fingerprint density at radius 3 is 2.26 bits per heavy atom. The van der Waals surface area contributed by atoms with Crippen LogP contribution in [-0.4, -0.2) is 23.3 Å². The zero-order valence-electron chi connectivity index (χ0n) is 16.3. The fourth-order valence-electron chi connectivity index (χ4n) is 3.96. The van der Waals surface area contributed by atoms with Crippen LogP contribution >= 0.6 is 15.9 Å². The Morgan fingerprint density at radius 1 is 1.11 bits per heavy atom. The van der Waals surface area contributed by atoms with Gasteiger partial charge in [-0.15, -0.1) is 0 Å². The Bertz CT molecular complexity index is 940. The first-order valence-corrected chi connectivity index (χ1v) is 9.86. The number of halogens is 1. The molecule has 3 rings (SSSR count). The number of nitrogens with zero attached hydrogens (tertiary/aromatic N) is 1. The molecule has 1 aliphatic heterocycles. The highest BCUT2D eigenvalue weighted by molar-refractivity contribution is 9.10. The van der Waals surface area contributed by atoms with Gasteiger partial charge < -0.3 is 10.0 Å². The Kier molecular flexibility index (Phi) is 5.04. The number of rotatable bonds is 4. The lowest BCUT2D eigenvalue weighted by Gasteiger charge is -2.23. The number of aryl methyl sites for hydroxylation is 2. The van der Waals surface area contributed by atoms with Gasteiger partial charge in [0.05, 0.1) is 12.1 Å². The van der Waals surface area contributed by atoms with Gasteiger partial charge in [0.25, 0.3) is 5.91 Å². The van der Waals surface area contributed by atoms with Crippen molar-refractivity contribution in [3.05, 3.63) is 62.1 Å². The second kappa shape index (κ2) is 6.88. The number of carbonyl (C=O) groups excluding carboxylic acids is 2. The first kappa shape index (κ1) is 19.8. The molecule has 0 aromatic heterocycles. The van der Waals surface area contributed by atoms with E-state index in [0.717, 1.165) is 26.7 Å². The molecule has 0 saturated heterocycles. The van der Waals surface area contributed by atoms with E-state index in [1.807, 2.05) is 40.7 Å². The molecule has 0 bridgehead atoms. The molecule has 1 N–H and O–H groups in total. The maximum absolute atomic E-state index is 13.2. The molecule has 0 fully saturated rings. The van der Waals surface area contributed by atoms with E-state index in [9.17, 15) is 14.7 Å². The average molecular weight is 430 g/mol. The molecule has 142 valence electrons. The summed E-state index contributed by atoms with van der Waals surface area (Å²) >= 11 is 3.41. The minimum atomic E-state index is -1.84. The van der Waals surface area contributed by atoms with Crippen molar-refractivity contribution in [3.63, 3.8) is 0 Å². The Labute approximate surface area is 168 Å². The number of Topliss-reactive ketones (excluding diaryl/α,β-unsaturated/α-hetero) is 1. The molecule has 27 heavy (non-hydrogen) atoms. The van der Waals surface area contributed by atoms with E-state index < -0.39 is 11.5 Å². The van der Waals surface area contributed by atoms with E-state index in [-0.39, 0.29) is 12.2 Å². The summed E-state index contributed by atoms with van der Waals surface area (Å²) in [5.74, 6) is -0.650. The Morgan fingerprint density at radius 2 is 1.70 bits per heavy atom. The highest BCUT2D eigenvalue weighted by Crippen LogP contribution is 2.44. The van der Waals surface area contributed by atoms with Crippen molar-refractivity contribution < 1.29 is 14.7 Å². The molecule has 0 saturated carbocycles. The highest BCUT2D eigenvalue weighted by Gasteiger charge is 2.50. The van der Waals surface area contributed by atoms with Crippen molar-refractivity contribution in [3.8, 4) is 0 Å². The molecule has 1 aliphatic rings. The predicted molar refractivity (Wildman–Crippen MR) is 110 cm³/mol. The van der Waals surface area contributed by atoms with Gasteiger partial charge in [-0.3, -0.25) is 9.59 Å². The summed E-state index contributed by atoms with van der Waals surface area (Å²) in [5, 5.41) is 11.4. The quantitative estimate of drug-likeness (QED) is 0.727. The van der Waals surface area contributed by atoms with Crippen molar-refractivity contribution in [1.82, 2.24) is 0 Å². The molecule has 0 radical (unpaired) electrons. The monoisotopic (exact) mass is 429 g/mol. The Hall–Kier alpha value is -1.98. The van der Waals surface area contributed by atoms with Crippen LogP contribution in [0.5, 0.6) is 0 Å². The molecular formula is C22H24BrNO3. The van der Waals surface area contributed by atoms with E-state index >= 15 is 0 Å². The van der Waals surface area contributed by atoms with E-state index in [2.05, 4.69) is 22.0 Å². The second-order valence-corrected chi connectivity index (χ2v) is 8.22. The minimum absolute atomic E-state index is 0.212. The van der Waals surface area contributed by atoms with Gasteiger partial charge in [-0.25, -0.2) is 0 Å². The summed E-state index contributed by atoms with van der Waals surface area (Å²) in [4.78, 5) is 27.8. The molecule has 2 aromatic rings.